The molecule has 3 nitrogen and oxygen atoms in total. The summed E-state index contributed by atoms with van der Waals surface area (Å²) < 4.78 is 26.9. The van der Waals surface area contributed by atoms with Crippen molar-refractivity contribution in [3.8, 4) is 5.75 Å². The Labute approximate surface area is 103 Å². The predicted molar refractivity (Wildman–Crippen MR) is 64.7 cm³/mol. The quantitative estimate of drug-likeness (QED) is 0.582. The van der Waals surface area contributed by atoms with Crippen LogP contribution < -0.4 is 4.74 Å². The first kappa shape index (κ1) is 13.5. The van der Waals surface area contributed by atoms with Crippen molar-refractivity contribution >= 4 is 22.7 Å². The van der Waals surface area contributed by atoms with E-state index >= 15 is 0 Å². The molecule has 0 aromatic heterocycles. The van der Waals surface area contributed by atoms with E-state index in [2.05, 4.69) is 0 Å². The molecule has 2 unspecified atom stereocenters. The highest BCUT2D eigenvalue weighted by molar-refractivity contribution is 7.79. The van der Waals surface area contributed by atoms with Crippen molar-refractivity contribution in [1.82, 2.24) is 0 Å². The molecular formula is C11H14ClO3S-. The lowest BCUT2D eigenvalue weighted by molar-refractivity contribution is 0.414. The van der Waals surface area contributed by atoms with Gasteiger partial charge in [-0.1, -0.05) is 23.2 Å². The van der Waals surface area contributed by atoms with Gasteiger partial charge in [-0.2, -0.15) is 0 Å². The summed E-state index contributed by atoms with van der Waals surface area (Å²) in [6.45, 7) is 0. The van der Waals surface area contributed by atoms with Gasteiger partial charge in [0.2, 0.25) is 0 Å². The Kier molecular flexibility index (Phi) is 5.80. The molecule has 5 heteroatoms. The molecular weight excluding hydrogens is 248 g/mol. The second-order valence-electron chi connectivity index (χ2n) is 3.41. The molecule has 2 atom stereocenters. The van der Waals surface area contributed by atoms with Crippen molar-refractivity contribution in [2.45, 2.75) is 18.1 Å². The second kappa shape index (κ2) is 6.89. The SMILES string of the molecule is COc1ccc(CC(CCCl)S(=O)[O-])cc1. The van der Waals surface area contributed by atoms with Gasteiger partial charge < -0.3 is 9.29 Å². The van der Waals surface area contributed by atoms with Gasteiger partial charge in [-0.3, -0.25) is 4.21 Å². The summed E-state index contributed by atoms with van der Waals surface area (Å²) in [5.74, 6) is 1.12. The first-order chi connectivity index (χ1) is 7.67. The van der Waals surface area contributed by atoms with E-state index in [1.807, 2.05) is 24.3 Å². The summed E-state index contributed by atoms with van der Waals surface area (Å²) in [4.78, 5) is 0. The van der Waals surface area contributed by atoms with Gasteiger partial charge in [-0.15, -0.1) is 11.6 Å². The summed E-state index contributed by atoms with van der Waals surface area (Å²) in [5, 5.41) is -0.411. The molecule has 0 aliphatic carbocycles. The minimum absolute atomic E-state index is 0.356. The summed E-state index contributed by atoms with van der Waals surface area (Å²) >= 11 is 3.48. The highest BCUT2D eigenvalue weighted by Gasteiger charge is 2.09. The van der Waals surface area contributed by atoms with Crippen LogP contribution in [-0.4, -0.2) is 27.0 Å². The van der Waals surface area contributed by atoms with Crippen LogP contribution in [-0.2, 0) is 17.5 Å². The molecule has 0 aliphatic rings. The van der Waals surface area contributed by atoms with Gasteiger partial charge >= 0.3 is 0 Å². The third kappa shape index (κ3) is 4.12. The Morgan fingerprint density at radius 2 is 2.06 bits per heavy atom. The van der Waals surface area contributed by atoms with Gasteiger partial charge in [0, 0.05) is 11.1 Å². The molecule has 0 fully saturated rings. The van der Waals surface area contributed by atoms with Crippen molar-refractivity contribution in [3.63, 3.8) is 0 Å². The number of ether oxygens (including phenoxy) is 1. The second-order valence-corrected chi connectivity index (χ2v) is 4.98. The van der Waals surface area contributed by atoms with E-state index in [0.717, 1.165) is 11.3 Å². The third-order valence-corrected chi connectivity index (χ3v) is 3.49. The fourth-order valence-corrected chi connectivity index (χ4v) is 2.44. The molecule has 16 heavy (non-hydrogen) atoms. The van der Waals surface area contributed by atoms with E-state index in [4.69, 9.17) is 16.3 Å². The van der Waals surface area contributed by atoms with Gasteiger partial charge in [0.25, 0.3) is 0 Å². The monoisotopic (exact) mass is 261 g/mol. The maximum atomic E-state index is 10.9. The molecule has 0 spiro atoms. The number of methoxy groups -OCH3 is 1. The lowest BCUT2D eigenvalue weighted by Crippen LogP contribution is -2.18. The van der Waals surface area contributed by atoms with E-state index in [1.165, 1.54) is 0 Å². The third-order valence-electron chi connectivity index (χ3n) is 2.33. The standard InChI is InChI=1S/C11H15ClO3S/c1-15-10-4-2-9(3-5-10)8-11(6-7-12)16(13)14/h2-5,11H,6-8H2,1H3,(H,13,14)/p-1. The lowest BCUT2D eigenvalue weighted by Gasteiger charge is -2.18. The zero-order valence-corrected chi connectivity index (χ0v) is 10.6. The fourth-order valence-electron chi connectivity index (χ4n) is 1.41. The summed E-state index contributed by atoms with van der Waals surface area (Å²) in [5.41, 5.74) is 0.972. The molecule has 0 N–H and O–H groups in total. The fraction of sp³-hybridized carbons (Fsp3) is 0.455. The number of alkyl halides is 1. The maximum Gasteiger partial charge on any atom is 0.118 e. The number of hydrogen-bond donors (Lipinski definition) is 0. The summed E-state index contributed by atoms with van der Waals surface area (Å²) in [6, 6.07) is 7.38. The molecule has 1 rings (SSSR count). The number of hydrogen-bond acceptors (Lipinski definition) is 3. The van der Waals surface area contributed by atoms with Crippen molar-refractivity contribution in [2.75, 3.05) is 13.0 Å². The average Bonchev–Trinajstić information content (AvgIpc) is 2.29. The Morgan fingerprint density at radius 3 is 2.50 bits per heavy atom. The average molecular weight is 262 g/mol. The van der Waals surface area contributed by atoms with Gasteiger partial charge in [-0.05, 0) is 30.5 Å². The molecule has 0 aliphatic heterocycles. The van der Waals surface area contributed by atoms with Crippen LogP contribution in [0, 0.1) is 0 Å². The maximum absolute atomic E-state index is 10.9. The number of benzene rings is 1. The van der Waals surface area contributed by atoms with E-state index < -0.39 is 16.3 Å². The normalized spacial score (nSPS) is 14.4. The Hall–Kier alpha value is -0.580. The highest BCUT2D eigenvalue weighted by Crippen LogP contribution is 2.15. The van der Waals surface area contributed by atoms with Gasteiger partial charge in [0.15, 0.2) is 0 Å². The largest absolute Gasteiger partial charge is 0.772 e. The molecule has 0 radical (unpaired) electrons. The van der Waals surface area contributed by atoms with Crippen LogP contribution in [0.5, 0.6) is 5.75 Å². The first-order valence-corrected chi connectivity index (χ1v) is 6.61. The molecule has 0 amide bonds. The van der Waals surface area contributed by atoms with Crippen molar-refractivity contribution in [2.24, 2.45) is 0 Å². The minimum atomic E-state index is -2.08. The van der Waals surface area contributed by atoms with Crippen LogP contribution in [0.1, 0.15) is 12.0 Å². The van der Waals surface area contributed by atoms with E-state index in [-0.39, 0.29) is 0 Å². The molecule has 0 heterocycles. The zero-order chi connectivity index (χ0) is 12.0. The molecule has 0 saturated heterocycles. The zero-order valence-electron chi connectivity index (χ0n) is 9.02. The van der Waals surface area contributed by atoms with Crippen LogP contribution in [0.2, 0.25) is 0 Å². The topological polar surface area (TPSA) is 49.4 Å². The summed E-state index contributed by atoms with van der Waals surface area (Å²) in [6.07, 6.45) is 0.969. The van der Waals surface area contributed by atoms with Gasteiger partial charge in [0.05, 0.1) is 7.11 Å². The van der Waals surface area contributed by atoms with Crippen LogP contribution >= 0.6 is 11.6 Å². The predicted octanol–water partition coefficient (Wildman–Crippen LogP) is 2.11. The Bertz CT molecular complexity index is 340. The Balaban J connectivity index is 2.65. The molecule has 0 saturated carbocycles. The Morgan fingerprint density at radius 1 is 1.44 bits per heavy atom. The van der Waals surface area contributed by atoms with Crippen LogP contribution in [0.15, 0.2) is 24.3 Å². The van der Waals surface area contributed by atoms with Crippen LogP contribution in [0.25, 0.3) is 0 Å². The lowest BCUT2D eigenvalue weighted by atomic mass is 10.1. The van der Waals surface area contributed by atoms with E-state index in [9.17, 15) is 8.76 Å². The van der Waals surface area contributed by atoms with Crippen molar-refractivity contribution in [3.05, 3.63) is 29.8 Å². The number of halogens is 1. The summed E-state index contributed by atoms with van der Waals surface area (Å²) in [7, 11) is 1.60. The van der Waals surface area contributed by atoms with E-state index in [0.29, 0.717) is 18.7 Å². The molecule has 0 bridgehead atoms. The first-order valence-electron chi connectivity index (χ1n) is 4.94. The van der Waals surface area contributed by atoms with Crippen LogP contribution in [0.4, 0.5) is 0 Å². The molecule has 90 valence electrons. The smallest absolute Gasteiger partial charge is 0.118 e. The van der Waals surface area contributed by atoms with Gasteiger partial charge in [-0.25, -0.2) is 0 Å². The minimum Gasteiger partial charge on any atom is -0.772 e. The molecule has 1 aromatic carbocycles. The highest BCUT2D eigenvalue weighted by atomic mass is 35.5. The van der Waals surface area contributed by atoms with Gasteiger partial charge in [0.1, 0.15) is 5.75 Å². The van der Waals surface area contributed by atoms with Crippen molar-refractivity contribution < 1.29 is 13.5 Å². The van der Waals surface area contributed by atoms with Crippen LogP contribution in [0.3, 0.4) is 0 Å². The van der Waals surface area contributed by atoms with Crippen molar-refractivity contribution in [1.29, 1.82) is 0 Å². The molecule has 1 aromatic rings. The van der Waals surface area contributed by atoms with E-state index in [1.54, 1.807) is 7.11 Å². The number of rotatable bonds is 6.